The van der Waals surface area contributed by atoms with Crippen molar-refractivity contribution in [3.05, 3.63) is 90.0 Å². The van der Waals surface area contributed by atoms with Crippen molar-refractivity contribution in [2.75, 3.05) is 5.32 Å². The van der Waals surface area contributed by atoms with E-state index in [4.69, 9.17) is 0 Å². The van der Waals surface area contributed by atoms with E-state index in [9.17, 15) is 4.79 Å². The van der Waals surface area contributed by atoms with Gasteiger partial charge in [-0.3, -0.25) is 9.78 Å². The summed E-state index contributed by atoms with van der Waals surface area (Å²) in [6.45, 7) is 4.15. The maximum absolute atomic E-state index is 13.1. The van der Waals surface area contributed by atoms with Crippen molar-refractivity contribution in [1.82, 2.24) is 20.0 Å². The lowest BCUT2D eigenvalue weighted by Crippen LogP contribution is -2.15. The third kappa shape index (κ3) is 4.04. The Labute approximate surface area is 187 Å². The summed E-state index contributed by atoms with van der Waals surface area (Å²) >= 11 is 0. The molecule has 0 bridgehead atoms. The van der Waals surface area contributed by atoms with Crippen molar-refractivity contribution in [2.45, 2.75) is 38.5 Å². The van der Waals surface area contributed by atoms with E-state index < -0.39 is 0 Å². The van der Waals surface area contributed by atoms with Gasteiger partial charge < -0.3 is 5.32 Å². The van der Waals surface area contributed by atoms with Gasteiger partial charge in [0, 0.05) is 23.5 Å². The molecule has 160 valence electrons. The summed E-state index contributed by atoms with van der Waals surface area (Å²) in [6, 6.07) is 22.2. The third-order valence-electron chi connectivity index (χ3n) is 5.73. The van der Waals surface area contributed by atoms with E-state index in [0.29, 0.717) is 11.6 Å². The van der Waals surface area contributed by atoms with E-state index in [0.717, 1.165) is 41.2 Å². The number of carbonyl (C=O) groups is 1. The minimum atomic E-state index is -0.236. The summed E-state index contributed by atoms with van der Waals surface area (Å²) in [6.07, 6.45) is 3.81. The molecule has 0 saturated heterocycles. The zero-order valence-corrected chi connectivity index (χ0v) is 18.2. The second kappa shape index (κ2) is 8.38. The number of amides is 1. The van der Waals surface area contributed by atoms with Crippen molar-refractivity contribution < 1.29 is 4.79 Å². The van der Waals surface area contributed by atoms with Crippen LogP contribution >= 0.6 is 0 Å². The number of nitrogens with one attached hydrogen (secondary N) is 1. The molecule has 6 nitrogen and oxygen atoms in total. The van der Waals surface area contributed by atoms with Gasteiger partial charge in [0.25, 0.3) is 5.91 Å². The molecule has 0 aliphatic heterocycles. The minimum Gasteiger partial charge on any atom is -0.320 e. The van der Waals surface area contributed by atoms with Gasteiger partial charge in [-0.25, -0.2) is 4.68 Å². The normalized spacial score (nSPS) is 13.3. The van der Waals surface area contributed by atoms with Crippen LogP contribution in [0.3, 0.4) is 0 Å². The number of rotatable bonds is 6. The van der Waals surface area contributed by atoms with Crippen LogP contribution in [-0.2, 0) is 0 Å². The quantitative estimate of drug-likeness (QED) is 0.439. The molecule has 1 N–H and O–H groups in total. The number of benzene rings is 2. The van der Waals surface area contributed by atoms with Gasteiger partial charge in [0.2, 0.25) is 0 Å². The molecule has 1 saturated carbocycles. The van der Waals surface area contributed by atoms with Gasteiger partial charge in [0.05, 0.1) is 11.4 Å². The summed E-state index contributed by atoms with van der Waals surface area (Å²) in [5.41, 5.74) is 6.14. The molecule has 0 unspecified atom stereocenters. The third-order valence-corrected chi connectivity index (χ3v) is 5.73. The molecule has 0 atom stereocenters. The Morgan fingerprint density at radius 1 is 1.00 bits per heavy atom. The molecule has 5 rings (SSSR count). The molecule has 4 aromatic rings. The first kappa shape index (κ1) is 20.1. The van der Waals surface area contributed by atoms with Gasteiger partial charge in [-0.15, -0.1) is 5.10 Å². The van der Waals surface area contributed by atoms with E-state index in [1.807, 2.05) is 41.1 Å². The number of hydrogen-bond donors (Lipinski definition) is 1. The Kier molecular flexibility index (Phi) is 5.27. The second-order valence-electron chi connectivity index (χ2n) is 8.50. The Bertz CT molecular complexity index is 1240. The van der Waals surface area contributed by atoms with Crippen LogP contribution in [0.25, 0.3) is 16.8 Å². The standard InChI is InChI=1S/C26H25N5O/c1-17(2)23-16-21(14-15-27-23)28-26(32)24-25(20-8-9-20)31(30-29-24)22-12-10-19(11-13-22)18-6-4-3-5-7-18/h3-7,10-17,20H,8-9H2,1-2H3,(H,27,28,32). The smallest absolute Gasteiger partial charge is 0.278 e. The van der Waals surface area contributed by atoms with Crippen molar-refractivity contribution in [2.24, 2.45) is 0 Å². The number of nitrogens with zero attached hydrogens (tertiary/aromatic N) is 4. The summed E-state index contributed by atoms with van der Waals surface area (Å²) in [4.78, 5) is 17.4. The summed E-state index contributed by atoms with van der Waals surface area (Å²) in [5, 5.41) is 11.6. The average Bonchev–Trinajstić information content (AvgIpc) is 3.57. The Hall–Kier alpha value is -3.80. The Morgan fingerprint density at radius 2 is 1.72 bits per heavy atom. The maximum Gasteiger partial charge on any atom is 0.278 e. The topological polar surface area (TPSA) is 72.7 Å². The summed E-state index contributed by atoms with van der Waals surface area (Å²) in [5.74, 6) is 0.358. The first-order valence-corrected chi connectivity index (χ1v) is 11.0. The highest BCUT2D eigenvalue weighted by molar-refractivity contribution is 6.03. The van der Waals surface area contributed by atoms with Gasteiger partial charge in [-0.2, -0.15) is 0 Å². The van der Waals surface area contributed by atoms with E-state index in [2.05, 4.69) is 58.7 Å². The fourth-order valence-electron chi connectivity index (χ4n) is 3.82. The molecule has 2 aromatic carbocycles. The van der Waals surface area contributed by atoms with Crippen LogP contribution < -0.4 is 5.32 Å². The first-order chi connectivity index (χ1) is 15.6. The van der Waals surface area contributed by atoms with Crippen LogP contribution in [0.15, 0.2) is 72.9 Å². The highest BCUT2D eigenvalue weighted by Crippen LogP contribution is 2.42. The van der Waals surface area contributed by atoms with Crippen LogP contribution in [0.5, 0.6) is 0 Å². The van der Waals surface area contributed by atoms with Gasteiger partial charge in [-0.1, -0.05) is 61.5 Å². The van der Waals surface area contributed by atoms with E-state index in [1.54, 1.807) is 12.3 Å². The molecule has 1 aliphatic rings. The van der Waals surface area contributed by atoms with Crippen molar-refractivity contribution >= 4 is 11.6 Å². The van der Waals surface area contributed by atoms with Crippen LogP contribution in [0, 0.1) is 0 Å². The Morgan fingerprint density at radius 3 is 2.41 bits per heavy atom. The maximum atomic E-state index is 13.1. The molecule has 32 heavy (non-hydrogen) atoms. The number of hydrogen-bond acceptors (Lipinski definition) is 4. The van der Waals surface area contributed by atoms with Gasteiger partial charge >= 0.3 is 0 Å². The fourth-order valence-corrected chi connectivity index (χ4v) is 3.82. The summed E-state index contributed by atoms with van der Waals surface area (Å²) < 4.78 is 1.81. The summed E-state index contributed by atoms with van der Waals surface area (Å²) in [7, 11) is 0. The highest BCUT2D eigenvalue weighted by Gasteiger charge is 2.34. The molecular weight excluding hydrogens is 398 g/mol. The SMILES string of the molecule is CC(C)c1cc(NC(=O)c2nnn(-c3ccc(-c4ccccc4)cc3)c2C2CC2)ccn1. The van der Waals surface area contributed by atoms with E-state index >= 15 is 0 Å². The predicted octanol–water partition coefficient (Wildman–Crippen LogP) is 5.58. The largest absolute Gasteiger partial charge is 0.320 e. The Balaban J connectivity index is 1.43. The predicted molar refractivity (Wildman–Crippen MR) is 125 cm³/mol. The van der Waals surface area contributed by atoms with Crippen LogP contribution in [0.4, 0.5) is 5.69 Å². The van der Waals surface area contributed by atoms with Crippen molar-refractivity contribution in [1.29, 1.82) is 0 Å². The van der Waals surface area contributed by atoms with Crippen molar-refractivity contribution in [3.63, 3.8) is 0 Å². The molecular formula is C26H25N5O. The highest BCUT2D eigenvalue weighted by atomic mass is 16.2. The molecule has 0 spiro atoms. The second-order valence-corrected chi connectivity index (χ2v) is 8.50. The van der Waals surface area contributed by atoms with Crippen LogP contribution in [0.2, 0.25) is 0 Å². The molecule has 1 fully saturated rings. The molecule has 2 aromatic heterocycles. The van der Waals surface area contributed by atoms with Gasteiger partial charge in [0.15, 0.2) is 5.69 Å². The van der Waals surface area contributed by atoms with Crippen LogP contribution in [-0.4, -0.2) is 25.9 Å². The zero-order chi connectivity index (χ0) is 22.1. The van der Waals surface area contributed by atoms with E-state index in [1.165, 1.54) is 5.56 Å². The lowest BCUT2D eigenvalue weighted by molar-refractivity contribution is 0.102. The number of anilines is 1. The molecule has 1 amide bonds. The molecule has 2 heterocycles. The van der Waals surface area contributed by atoms with Crippen LogP contribution in [0.1, 0.15) is 60.4 Å². The lowest BCUT2D eigenvalue weighted by Gasteiger charge is -2.10. The number of pyridine rings is 1. The monoisotopic (exact) mass is 423 g/mol. The molecule has 0 radical (unpaired) electrons. The average molecular weight is 424 g/mol. The minimum absolute atomic E-state index is 0.236. The van der Waals surface area contributed by atoms with Gasteiger partial charge in [0.1, 0.15) is 0 Å². The molecule has 6 heteroatoms. The molecule has 1 aliphatic carbocycles. The number of aromatic nitrogens is 4. The fraction of sp³-hybridized carbons (Fsp3) is 0.231. The lowest BCUT2D eigenvalue weighted by atomic mass is 10.1. The van der Waals surface area contributed by atoms with Gasteiger partial charge in [-0.05, 0) is 54.2 Å². The number of carbonyl (C=O) groups excluding carboxylic acids is 1. The van der Waals surface area contributed by atoms with Crippen molar-refractivity contribution in [3.8, 4) is 16.8 Å². The zero-order valence-electron chi connectivity index (χ0n) is 18.2. The first-order valence-electron chi connectivity index (χ1n) is 11.0. The van der Waals surface area contributed by atoms with E-state index in [-0.39, 0.29) is 11.8 Å².